The highest BCUT2D eigenvalue weighted by molar-refractivity contribution is 9.10. The Hall–Kier alpha value is -1.42. The quantitative estimate of drug-likeness (QED) is 0.918. The highest BCUT2D eigenvalue weighted by Gasteiger charge is 2.01. The molecule has 0 bridgehead atoms. The predicted molar refractivity (Wildman–Crippen MR) is 75.1 cm³/mol. The first-order valence-electron chi connectivity index (χ1n) is 5.67. The molecule has 4 heteroatoms. The molecule has 0 fully saturated rings. The van der Waals surface area contributed by atoms with Gasteiger partial charge in [0.1, 0.15) is 11.6 Å². The number of anilines is 1. The van der Waals surface area contributed by atoms with Crippen molar-refractivity contribution in [1.29, 1.82) is 0 Å². The van der Waals surface area contributed by atoms with Crippen molar-refractivity contribution in [3.8, 4) is 0 Å². The smallest absolute Gasteiger partial charge is 0.126 e. The average Bonchev–Trinajstić information content (AvgIpc) is 2.35. The summed E-state index contributed by atoms with van der Waals surface area (Å²) in [6.07, 6.45) is 1.77. The highest BCUT2D eigenvalue weighted by Crippen LogP contribution is 2.18. The number of nitrogens with zero attached hydrogens (tertiary/aromatic N) is 1. The Balaban J connectivity index is 2.06. The number of rotatable bonds is 3. The molecule has 1 aromatic heterocycles. The van der Waals surface area contributed by atoms with Crippen LogP contribution in [0.3, 0.4) is 0 Å². The zero-order chi connectivity index (χ0) is 13.1. The normalized spacial score (nSPS) is 10.4. The molecule has 18 heavy (non-hydrogen) atoms. The minimum absolute atomic E-state index is 0.170. The van der Waals surface area contributed by atoms with Crippen LogP contribution >= 0.6 is 15.9 Å². The molecule has 2 nitrogen and oxygen atoms in total. The van der Waals surface area contributed by atoms with Crippen LogP contribution in [0.15, 0.2) is 34.9 Å². The molecule has 0 radical (unpaired) electrons. The van der Waals surface area contributed by atoms with Gasteiger partial charge in [0.15, 0.2) is 0 Å². The molecular weight excluding hydrogens is 295 g/mol. The molecule has 0 aliphatic carbocycles. The second kappa shape index (κ2) is 5.48. The first-order chi connectivity index (χ1) is 8.56. The molecule has 1 heterocycles. The third-order valence-corrected chi connectivity index (χ3v) is 3.57. The summed E-state index contributed by atoms with van der Waals surface area (Å²) in [5.41, 5.74) is 2.83. The van der Waals surface area contributed by atoms with Gasteiger partial charge in [-0.15, -0.1) is 0 Å². The van der Waals surface area contributed by atoms with Crippen LogP contribution in [0.25, 0.3) is 0 Å². The lowest BCUT2D eigenvalue weighted by molar-refractivity contribution is 0.617. The zero-order valence-corrected chi connectivity index (χ0v) is 11.9. The van der Waals surface area contributed by atoms with Crippen LogP contribution in [-0.4, -0.2) is 4.98 Å². The number of halogens is 2. The summed E-state index contributed by atoms with van der Waals surface area (Å²) in [4.78, 5) is 4.26. The van der Waals surface area contributed by atoms with Crippen molar-refractivity contribution < 1.29 is 4.39 Å². The number of hydrogen-bond donors (Lipinski definition) is 1. The van der Waals surface area contributed by atoms with E-state index in [0.717, 1.165) is 21.4 Å². The van der Waals surface area contributed by atoms with Crippen LogP contribution < -0.4 is 5.32 Å². The number of benzene rings is 1. The lowest BCUT2D eigenvalue weighted by atomic mass is 10.1. The summed E-state index contributed by atoms with van der Waals surface area (Å²) in [7, 11) is 0. The fourth-order valence-corrected chi connectivity index (χ4v) is 1.86. The molecule has 0 saturated heterocycles. The van der Waals surface area contributed by atoms with Crippen molar-refractivity contribution in [2.24, 2.45) is 0 Å². The van der Waals surface area contributed by atoms with Gasteiger partial charge in [-0.25, -0.2) is 9.37 Å². The van der Waals surface area contributed by atoms with Gasteiger partial charge in [0.05, 0.1) is 0 Å². The van der Waals surface area contributed by atoms with E-state index in [-0.39, 0.29) is 5.82 Å². The lowest BCUT2D eigenvalue weighted by Crippen LogP contribution is -2.02. The van der Waals surface area contributed by atoms with Crippen molar-refractivity contribution in [2.75, 3.05) is 5.32 Å². The molecule has 2 rings (SSSR count). The van der Waals surface area contributed by atoms with Crippen molar-refractivity contribution in [3.05, 3.63) is 57.4 Å². The molecule has 0 atom stereocenters. The number of aromatic nitrogens is 1. The van der Waals surface area contributed by atoms with Crippen molar-refractivity contribution >= 4 is 21.7 Å². The third-order valence-electron chi connectivity index (χ3n) is 2.74. The maximum Gasteiger partial charge on any atom is 0.126 e. The molecule has 0 aliphatic heterocycles. The van der Waals surface area contributed by atoms with Gasteiger partial charge in [-0.3, -0.25) is 0 Å². The summed E-state index contributed by atoms with van der Waals surface area (Å²) in [5, 5.41) is 3.22. The zero-order valence-electron chi connectivity index (χ0n) is 10.3. The van der Waals surface area contributed by atoms with Gasteiger partial charge in [0, 0.05) is 17.2 Å². The molecule has 0 unspecified atom stereocenters. The Labute approximate surface area is 114 Å². The molecule has 0 amide bonds. The van der Waals surface area contributed by atoms with Crippen LogP contribution in [0.4, 0.5) is 10.2 Å². The Morgan fingerprint density at radius 2 is 2.00 bits per heavy atom. The number of pyridine rings is 1. The largest absolute Gasteiger partial charge is 0.366 e. The Bertz CT molecular complexity index is 518. The maximum atomic E-state index is 13.1. The molecule has 2 aromatic rings. The fourth-order valence-electron chi connectivity index (χ4n) is 1.65. The molecule has 0 spiro atoms. The van der Waals surface area contributed by atoms with Crippen LogP contribution in [-0.2, 0) is 6.54 Å². The number of aryl methyl sites for hydroxylation is 2. The minimum atomic E-state index is -0.170. The van der Waals surface area contributed by atoms with E-state index in [4.69, 9.17) is 0 Å². The first kappa shape index (κ1) is 13.0. The lowest BCUT2D eigenvalue weighted by Gasteiger charge is -2.08. The van der Waals surface area contributed by atoms with Crippen molar-refractivity contribution in [2.45, 2.75) is 20.4 Å². The van der Waals surface area contributed by atoms with Gasteiger partial charge < -0.3 is 5.32 Å². The second-order valence-corrected chi connectivity index (χ2v) is 5.11. The van der Waals surface area contributed by atoms with Gasteiger partial charge in [0.25, 0.3) is 0 Å². The van der Waals surface area contributed by atoms with Crippen molar-refractivity contribution in [3.63, 3.8) is 0 Å². The van der Waals surface area contributed by atoms with E-state index in [9.17, 15) is 4.39 Å². The monoisotopic (exact) mass is 308 g/mol. The number of hydrogen-bond acceptors (Lipinski definition) is 2. The van der Waals surface area contributed by atoms with E-state index >= 15 is 0 Å². The van der Waals surface area contributed by atoms with Crippen LogP contribution in [0.1, 0.15) is 16.7 Å². The Kier molecular flexibility index (Phi) is 3.97. The molecule has 0 aliphatic rings. The molecule has 1 N–H and O–H groups in total. The second-order valence-electron chi connectivity index (χ2n) is 4.26. The topological polar surface area (TPSA) is 24.9 Å². The van der Waals surface area contributed by atoms with Crippen LogP contribution in [0.5, 0.6) is 0 Å². The Morgan fingerprint density at radius 3 is 2.67 bits per heavy atom. The summed E-state index contributed by atoms with van der Waals surface area (Å²) in [6.45, 7) is 4.41. The van der Waals surface area contributed by atoms with Gasteiger partial charge >= 0.3 is 0 Å². The molecule has 1 aromatic carbocycles. The van der Waals surface area contributed by atoms with E-state index in [1.54, 1.807) is 19.2 Å². The highest BCUT2D eigenvalue weighted by atomic mass is 79.9. The fraction of sp³-hybridized carbons (Fsp3) is 0.214. The summed E-state index contributed by atoms with van der Waals surface area (Å²) >= 11 is 3.41. The van der Waals surface area contributed by atoms with E-state index in [1.165, 1.54) is 6.07 Å². The molecule has 94 valence electrons. The Morgan fingerprint density at radius 1 is 1.22 bits per heavy atom. The van der Waals surface area contributed by atoms with E-state index in [2.05, 4.69) is 26.2 Å². The van der Waals surface area contributed by atoms with Gasteiger partial charge in [-0.2, -0.15) is 0 Å². The number of nitrogens with one attached hydrogen (secondary N) is 1. The summed E-state index contributed by atoms with van der Waals surface area (Å²) < 4.78 is 14.1. The standard InChI is InChI=1S/C14H14BrFN2/c1-9-6-14(18-8-12(9)15)17-7-11-3-4-13(16)10(2)5-11/h3-6,8H,7H2,1-2H3,(H,17,18). The molecule has 0 saturated carbocycles. The maximum absolute atomic E-state index is 13.1. The van der Waals surface area contributed by atoms with Crippen molar-refractivity contribution in [1.82, 2.24) is 4.98 Å². The third kappa shape index (κ3) is 3.07. The van der Waals surface area contributed by atoms with E-state index < -0.39 is 0 Å². The van der Waals surface area contributed by atoms with E-state index in [1.807, 2.05) is 19.1 Å². The van der Waals surface area contributed by atoms with Crippen LogP contribution in [0.2, 0.25) is 0 Å². The van der Waals surface area contributed by atoms with Gasteiger partial charge in [0.2, 0.25) is 0 Å². The molecular formula is C14H14BrFN2. The minimum Gasteiger partial charge on any atom is -0.366 e. The van der Waals surface area contributed by atoms with Gasteiger partial charge in [-0.1, -0.05) is 12.1 Å². The van der Waals surface area contributed by atoms with Gasteiger partial charge in [-0.05, 0) is 58.6 Å². The summed E-state index contributed by atoms with van der Waals surface area (Å²) in [6, 6.07) is 7.09. The summed E-state index contributed by atoms with van der Waals surface area (Å²) in [5.74, 6) is 0.647. The first-order valence-corrected chi connectivity index (χ1v) is 6.46. The average molecular weight is 309 g/mol. The SMILES string of the molecule is Cc1cc(CNc2cc(C)c(Br)cn2)ccc1F. The van der Waals surface area contributed by atoms with E-state index in [0.29, 0.717) is 12.1 Å². The van der Waals surface area contributed by atoms with Crippen LogP contribution in [0, 0.1) is 19.7 Å². The predicted octanol–water partition coefficient (Wildman–Crippen LogP) is 4.21.